The molecule has 1 aromatic heterocycles. The maximum Gasteiger partial charge on any atom is 0.150 e. The van der Waals surface area contributed by atoms with Crippen LogP contribution in [0, 0.1) is 0 Å². The maximum absolute atomic E-state index is 6.05. The molecule has 0 saturated carbocycles. The minimum atomic E-state index is 0.694. The van der Waals surface area contributed by atoms with E-state index in [0.29, 0.717) is 13.2 Å². The first-order valence-corrected chi connectivity index (χ1v) is 9.56. The zero-order chi connectivity index (χ0) is 16.9. The van der Waals surface area contributed by atoms with Gasteiger partial charge in [0.05, 0.1) is 11.8 Å². The van der Waals surface area contributed by atoms with E-state index >= 15 is 0 Å². The van der Waals surface area contributed by atoms with Crippen molar-refractivity contribution in [3.8, 4) is 11.5 Å². The van der Waals surface area contributed by atoms with Crippen molar-refractivity contribution < 1.29 is 9.47 Å². The van der Waals surface area contributed by atoms with Crippen LogP contribution < -0.4 is 9.47 Å². The second-order valence-electron chi connectivity index (χ2n) is 7.01. The summed E-state index contributed by atoms with van der Waals surface area (Å²) in [5.74, 6) is 1.67. The molecule has 2 aromatic rings. The van der Waals surface area contributed by atoms with Crippen molar-refractivity contribution in [2.75, 3.05) is 52.5 Å². The number of imidazole rings is 1. The Kier molecular flexibility index (Phi) is 5.37. The molecular weight excluding hydrogens is 316 g/mol. The fourth-order valence-electron chi connectivity index (χ4n) is 3.78. The lowest BCUT2D eigenvalue weighted by Gasteiger charge is -2.17. The summed E-state index contributed by atoms with van der Waals surface area (Å²) in [6.45, 7) is 8.17. The Hall–Kier alpha value is -1.79. The first-order chi connectivity index (χ1) is 12.4. The van der Waals surface area contributed by atoms with Gasteiger partial charge in [-0.15, -0.1) is 0 Å². The molecule has 0 amide bonds. The largest absolute Gasteiger partial charge is 0.492 e. The third-order valence-corrected chi connectivity index (χ3v) is 5.20. The van der Waals surface area contributed by atoms with Gasteiger partial charge in [0.15, 0.2) is 5.75 Å². The normalized spacial score (nSPS) is 19.0. The van der Waals surface area contributed by atoms with Crippen molar-refractivity contribution in [2.45, 2.75) is 25.7 Å². The maximum atomic E-state index is 6.05. The number of H-pyrrole nitrogens is 1. The number of aromatic nitrogens is 2. The molecule has 4 rings (SSSR count). The van der Waals surface area contributed by atoms with Crippen LogP contribution in [0.3, 0.4) is 0 Å². The van der Waals surface area contributed by atoms with E-state index in [0.717, 1.165) is 35.6 Å². The molecule has 2 saturated heterocycles. The van der Waals surface area contributed by atoms with E-state index < -0.39 is 0 Å². The van der Waals surface area contributed by atoms with E-state index in [2.05, 4.69) is 19.8 Å². The van der Waals surface area contributed by atoms with Gasteiger partial charge in [0.1, 0.15) is 24.5 Å². The highest BCUT2D eigenvalue weighted by molar-refractivity contribution is 5.83. The number of rotatable bonds is 8. The monoisotopic (exact) mass is 344 g/mol. The molecule has 2 aliphatic heterocycles. The fourth-order valence-corrected chi connectivity index (χ4v) is 3.78. The standard InChI is InChI=1S/C19H28N4O2/c1-2-6-22(5-1)9-11-24-16-13-17-19(21-15-20-17)18(14-16)25-12-10-23-7-3-4-8-23/h13-15H,1-12H2,(H,20,21). The van der Waals surface area contributed by atoms with E-state index in [1.807, 2.05) is 12.1 Å². The Balaban J connectivity index is 1.35. The average Bonchev–Trinajstić information content (AvgIpc) is 3.37. The van der Waals surface area contributed by atoms with Crippen LogP contribution in [-0.2, 0) is 0 Å². The van der Waals surface area contributed by atoms with Crippen LogP contribution in [0.2, 0.25) is 0 Å². The number of likely N-dealkylation sites (tertiary alicyclic amines) is 2. The van der Waals surface area contributed by atoms with Crippen LogP contribution in [0.15, 0.2) is 18.5 Å². The molecule has 0 aliphatic carbocycles. The summed E-state index contributed by atoms with van der Waals surface area (Å²) in [6, 6.07) is 4.00. The number of hydrogen-bond donors (Lipinski definition) is 1. The quantitative estimate of drug-likeness (QED) is 0.797. The third kappa shape index (κ3) is 4.25. The highest BCUT2D eigenvalue weighted by Gasteiger charge is 2.14. The molecule has 0 bridgehead atoms. The van der Waals surface area contributed by atoms with Crippen LogP contribution in [0.1, 0.15) is 25.7 Å². The Morgan fingerprint density at radius 3 is 2.20 bits per heavy atom. The molecular formula is C19H28N4O2. The number of benzene rings is 1. The van der Waals surface area contributed by atoms with Gasteiger partial charge in [-0.25, -0.2) is 4.98 Å². The topological polar surface area (TPSA) is 53.6 Å². The number of nitrogens with zero attached hydrogens (tertiary/aromatic N) is 3. The van der Waals surface area contributed by atoms with Crippen molar-refractivity contribution >= 4 is 11.0 Å². The van der Waals surface area contributed by atoms with Gasteiger partial charge >= 0.3 is 0 Å². The van der Waals surface area contributed by atoms with Crippen LogP contribution >= 0.6 is 0 Å². The molecule has 0 spiro atoms. The second-order valence-corrected chi connectivity index (χ2v) is 7.01. The van der Waals surface area contributed by atoms with E-state index in [1.54, 1.807) is 6.33 Å². The molecule has 0 radical (unpaired) electrons. The van der Waals surface area contributed by atoms with Crippen molar-refractivity contribution in [2.24, 2.45) is 0 Å². The number of fused-ring (bicyclic) bond motifs is 1. The predicted molar refractivity (Wildman–Crippen MR) is 98.4 cm³/mol. The summed E-state index contributed by atoms with van der Waals surface area (Å²) in [4.78, 5) is 12.5. The molecule has 6 nitrogen and oxygen atoms in total. The van der Waals surface area contributed by atoms with Gasteiger partial charge in [-0.3, -0.25) is 9.80 Å². The number of aromatic amines is 1. The van der Waals surface area contributed by atoms with Gasteiger partial charge in [0.2, 0.25) is 0 Å². The summed E-state index contributed by atoms with van der Waals surface area (Å²) in [5.41, 5.74) is 1.85. The number of hydrogen-bond acceptors (Lipinski definition) is 5. The SMILES string of the molecule is c1nc2c(OCCN3CCCC3)cc(OCCN3CCCC3)cc2[nH]1. The molecule has 1 aromatic carbocycles. The molecule has 136 valence electrons. The molecule has 25 heavy (non-hydrogen) atoms. The van der Waals surface area contributed by atoms with Crippen molar-refractivity contribution in [1.29, 1.82) is 0 Å². The first kappa shape index (κ1) is 16.7. The molecule has 1 N–H and O–H groups in total. The minimum absolute atomic E-state index is 0.694. The van der Waals surface area contributed by atoms with Gasteiger partial charge in [0, 0.05) is 25.2 Å². The molecule has 2 fully saturated rings. The summed E-state index contributed by atoms with van der Waals surface area (Å²) in [6.07, 6.45) is 6.96. The van der Waals surface area contributed by atoms with Gasteiger partial charge in [0.25, 0.3) is 0 Å². The smallest absolute Gasteiger partial charge is 0.150 e. The van der Waals surface area contributed by atoms with E-state index in [4.69, 9.17) is 9.47 Å². The summed E-state index contributed by atoms with van der Waals surface area (Å²) in [7, 11) is 0. The Bertz CT molecular complexity index is 675. The van der Waals surface area contributed by atoms with Crippen molar-refractivity contribution in [3.63, 3.8) is 0 Å². The molecule has 0 atom stereocenters. The third-order valence-electron chi connectivity index (χ3n) is 5.20. The van der Waals surface area contributed by atoms with Crippen LogP contribution in [0.4, 0.5) is 0 Å². The fraction of sp³-hybridized carbons (Fsp3) is 0.632. The van der Waals surface area contributed by atoms with E-state index in [1.165, 1.54) is 51.9 Å². The second kappa shape index (κ2) is 8.06. The number of ether oxygens (including phenoxy) is 2. The Morgan fingerprint density at radius 2 is 1.52 bits per heavy atom. The highest BCUT2D eigenvalue weighted by Crippen LogP contribution is 2.29. The van der Waals surface area contributed by atoms with Gasteiger partial charge in [-0.05, 0) is 51.9 Å². The molecule has 3 heterocycles. The first-order valence-electron chi connectivity index (χ1n) is 9.56. The summed E-state index contributed by atoms with van der Waals surface area (Å²) in [5, 5.41) is 0. The van der Waals surface area contributed by atoms with Gasteiger partial charge < -0.3 is 14.5 Å². The average molecular weight is 344 g/mol. The zero-order valence-electron chi connectivity index (χ0n) is 14.9. The molecule has 0 unspecified atom stereocenters. The lowest BCUT2D eigenvalue weighted by Crippen LogP contribution is -2.25. The number of nitrogens with one attached hydrogen (secondary N) is 1. The Morgan fingerprint density at radius 1 is 0.880 bits per heavy atom. The zero-order valence-corrected chi connectivity index (χ0v) is 14.9. The van der Waals surface area contributed by atoms with Gasteiger partial charge in [-0.1, -0.05) is 0 Å². The highest BCUT2D eigenvalue weighted by atomic mass is 16.5. The molecule has 6 heteroatoms. The minimum Gasteiger partial charge on any atom is -0.492 e. The molecule has 2 aliphatic rings. The summed E-state index contributed by atoms with van der Waals surface area (Å²) >= 11 is 0. The van der Waals surface area contributed by atoms with E-state index in [-0.39, 0.29) is 0 Å². The van der Waals surface area contributed by atoms with Crippen LogP contribution in [0.25, 0.3) is 11.0 Å². The summed E-state index contributed by atoms with van der Waals surface area (Å²) < 4.78 is 12.0. The van der Waals surface area contributed by atoms with Crippen molar-refractivity contribution in [1.82, 2.24) is 19.8 Å². The lowest BCUT2D eigenvalue weighted by molar-refractivity contribution is 0.231. The Labute approximate surface area is 149 Å². The van der Waals surface area contributed by atoms with E-state index in [9.17, 15) is 0 Å². The van der Waals surface area contributed by atoms with Gasteiger partial charge in [-0.2, -0.15) is 0 Å². The lowest BCUT2D eigenvalue weighted by atomic mass is 10.2. The van der Waals surface area contributed by atoms with Crippen LogP contribution in [0.5, 0.6) is 11.5 Å². The van der Waals surface area contributed by atoms with Crippen LogP contribution in [-0.4, -0.2) is 72.3 Å². The predicted octanol–water partition coefficient (Wildman–Crippen LogP) is 2.51. The van der Waals surface area contributed by atoms with Crippen molar-refractivity contribution in [3.05, 3.63) is 18.5 Å².